The van der Waals surface area contributed by atoms with Crippen LogP contribution in [0.3, 0.4) is 0 Å². The van der Waals surface area contributed by atoms with Crippen molar-refractivity contribution in [3.05, 3.63) is 0 Å². The molecule has 0 spiro atoms. The molecule has 11 heavy (non-hydrogen) atoms. The Morgan fingerprint density at radius 1 is 1.09 bits per heavy atom. The lowest BCUT2D eigenvalue weighted by molar-refractivity contribution is 0.0906. The molecule has 0 radical (unpaired) electrons. The van der Waals surface area contributed by atoms with E-state index < -0.39 is 0 Å². The van der Waals surface area contributed by atoms with Crippen molar-refractivity contribution in [1.82, 2.24) is 0 Å². The summed E-state index contributed by atoms with van der Waals surface area (Å²) in [6.45, 7) is 7.32. The normalized spacial score (nSPS) is 19.4. The van der Waals surface area contributed by atoms with E-state index in [0.717, 1.165) is 0 Å². The van der Waals surface area contributed by atoms with Gasteiger partial charge in [-0.1, -0.05) is 6.92 Å². The maximum Gasteiger partial charge on any atom is 0.0614 e. The minimum atomic E-state index is 0.121. The fourth-order valence-electron chi connectivity index (χ4n) is 0.592. The van der Waals surface area contributed by atoms with Gasteiger partial charge in [-0.05, 0) is 19.8 Å². The summed E-state index contributed by atoms with van der Waals surface area (Å²) in [6, 6.07) is 0.318. The highest BCUT2D eigenvalue weighted by molar-refractivity contribution is 4.62. The molecule has 0 heterocycles. The predicted molar refractivity (Wildman–Crippen MR) is 47.3 cm³/mol. The summed E-state index contributed by atoms with van der Waals surface area (Å²) in [5.74, 6) is 0.411. The molecule has 3 unspecified atom stereocenters. The van der Waals surface area contributed by atoms with Gasteiger partial charge in [0.15, 0.2) is 0 Å². The van der Waals surface area contributed by atoms with Gasteiger partial charge in [0.05, 0.1) is 13.2 Å². The zero-order valence-corrected chi connectivity index (χ0v) is 7.71. The van der Waals surface area contributed by atoms with E-state index in [-0.39, 0.29) is 12.1 Å². The summed E-state index contributed by atoms with van der Waals surface area (Å²) in [5.41, 5.74) is 11.1. The average molecular weight is 160 g/mol. The van der Waals surface area contributed by atoms with E-state index >= 15 is 0 Å². The molecular formula is C8H20N2O. The first-order valence-corrected chi connectivity index (χ1v) is 4.13. The summed E-state index contributed by atoms with van der Waals surface area (Å²) in [4.78, 5) is 0. The molecule has 0 aliphatic heterocycles. The van der Waals surface area contributed by atoms with E-state index in [9.17, 15) is 0 Å². The molecule has 0 rings (SSSR count). The molecular weight excluding hydrogens is 140 g/mol. The van der Waals surface area contributed by atoms with E-state index in [1.54, 1.807) is 0 Å². The van der Waals surface area contributed by atoms with Gasteiger partial charge in [-0.15, -0.1) is 0 Å². The van der Waals surface area contributed by atoms with Gasteiger partial charge in [0.2, 0.25) is 0 Å². The van der Waals surface area contributed by atoms with E-state index in [4.69, 9.17) is 16.2 Å². The van der Waals surface area contributed by atoms with Crippen LogP contribution in [0, 0.1) is 5.92 Å². The van der Waals surface area contributed by atoms with Crippen LogP contribution in [0.1, 0.15) is 20.8 Å². The predicted octanol–water partition coefficient (Wildman–Crippen LogP) is 0.334. The number of rotatable bonds is 5. The van der Waals surface area contributed by atoms with Crippen molar-refractivity contribution in [1.29, 1.82) is 0 Å². The first kappa shape index (κ1) is 10.9. The maximum absolute atomic E-state index is 5.64. The number of nitrogens with two attached hydrogens (primary N) is 2. The summed E-state index contributed by atoms with van der Waals surface area (Å²) in [7, 11) is 0. The van der Waals surface area contributed by atoms with Crippen molar-refractivity contribution in [2.45, 2.75) is 32.9 Å². The highest BCUT2D eigenvalue weighted by Gasteiger charge is 2.07. The van der Waals surface area contributed by atoms with Crippen LogP contribution in [-0.4, -0.2) is 25.3 Å². The van der Waals surface area contributed by atoms with Crippen LogP contribution in [0.15, 0.2) is 0 Å². The highest BCUT2D eigenvalue weighted by atomic mass is 16.5. The molecule has 3 nitrogen and oxygen atoms in total. The summed E-state index contributed by atoms with van der Waals surface area (Å²) < 4.78 is 5.31. The van der Waals surface area contributed by atoms with Crippen molar-refractivity contribution in [3.63, 3.8) is 0 Å². The minimum Gasteiger partial charge on any atom is -0.380 e. The monoisotopic (exact) mass is 160 g/mol. The van der Waals surface area contributed by atoms with E-state index in [1.165, 1.54) is 0 Å². The van der Waals surface area contributed by atoms with Crippen LogP contribution in [-0.2, 0) is 4.74 Å². The molecule has 0 bridgehead atoms. The quantitative estimate of drug-likeness (QED) is 0.609. The van der Waals surface area contributed by atoms with Crippen molar-refractivity contribution >= 4 is 0 Å². The second-order valence-corrected chi connectivity index (χ2v) is 3.35. The Labute approximate surface area is 69.1 Å². The fraction of sp³-hybridized carbons (Fsp3) is 1.00. The molecule has 0 saturated carbocycles. The molecule has 0 saturated heterocycles. The average Bonchev–Trinajstić information content (AvgIpc) is 1.86. The molecule has 0 fully saturated rings. The molecule has 0 aromatic heterocycles. The van der Waals surface area contributed by atoms with E-state index in [2.05, 4.69) is 6.92 Å². The Morgan fingerprint density at radius 2 is 1.64 bits per heavy atom. The minimum absolute atomic E-state index is 0.121. The smallest absolute Gasteiger partial charge is 0.0614 e. The first-order chi connectivity index (χ1) is 5.04. The lowest BCUT2D eigenvalue weighted by Crippen LogP contribution is -2.30. The van der Waals surface area contributed by atoms with Crippen LogP contribution in [0.5, 0.6) is 0 Å². The van der Waals surface area contributed by atoms with Crippen molar-refractivity contribution in [3.8, 4) is 0 Å². The summed E-state index contributed by atoms with van der Waals surface area (Å²) >= 11 is 0. The molecule has 0 aliphatic rings. The fourth-order valence-corrected chi connectivity index (χ4v) is 0.592. The second-order valence-electron chi connectivity index (χ2n) is 3.35. The van der Waals surface area contributed by atoms with Crippen LogP contribution in [0.2, 0.25) is 0 Å². The van der Waals surface area contributed by atoms with Crippen LogP contribution < -0.4 is 11.5 Å². The highest BCUT2D eigenvalue weighted by Crippen LogP contribution is 1.99. The standard InChI is InChI=1S/C8H20N2O/c1-6(8(3)10)4-11-5-7(2)9/h6-8H,4-5,9-10H2,1-3H3. The third-order valence-corrected chi connectivity index (χ3v) is 1.66. The maximum atomic E-state index is 5.64. The zero-order chi connectivity index (χ0) is 8.85. The lowest BCUT2D eigenvalue weighted by Gasteiger charge is -2.16. The van der Waals surface area contributed by atoms with Gasteiger partial charge in [-0.25, -0.2) is 0 Å². The molecule has 4 N–H and O–H groups in total. The van der Waals surface area contributed by atoms with E-state index in [0.29, 0.717) is 19.1 Å². The van der Waals surface area contributed by atoms with Gasteiger partial charge >= 0.3 is 0 Å². The summed E-state index contributed by atoms with van der Waals surface area (Å²) in [6.07, 6.45) is 0. The van der Waals surface area contributed by atoms with Crippen molar-refractivity contribution in [2.24, 2.45) is 17.4 Å². The topological polar surface area (TPSA) is 61.3 Å². The molecule has 3 atom stereocenters. The molecule has 0 amide bonds. The largest absolute Gasteiger partial charge is 0.380 e. The van der Waals surface area contributed by atoms with Crippen LogP contribution >= 0.6 is 0 Å². The van der Waals surface area contributed by atoms with Crippen molar-refractivity contribution in [2.75, 3.05) is 13.2 Å². The number of hydrogen-bond donors (Lipinski definition) is 2. The first-order valence-electron chi connectivity index (χ1n) is 4.13. The SMILES string of the molecule is CC(N)COCC(C)C(C)N. The third kappa shape index (κ3) is 6.28. The van der Waals surface area contributed by atoms with E-state index in [1.807, 2.05) is 13.8 Å². The van der Waals surface area contributed by atoms with Gasteiger partial charge < -0.3 is 16.2 Å². The Bertz CT molecular complexity index is 94.1. The Kier molecular flexibility index (Phi) is 5.46. The van der Waals surface area contributed by atoms with Crippen LogP contribution in [0.4, 0.5) is 0 Å². The number of hydrogen-bond acceptors (Lipinski definition) is 3. The van der Waals surface area contributed by atoms with Crippen molar-refractivity contribution < 1.29 is 4.74 Å². The molecule has 3 heteroatoms. The Morgan fingerprint density at radius 3 is 2.00 bits per heavy atom. The Hall–Kier alpha value is -0.120. The van der Waals surface area contributed by atoms with Crippen LogP contribution in [0.25, 0.3) is 0 Å². The molecule has 0 aromatic carbocycles. The lowest BCUT2D eigenvalue weighted by atomic mass is 10.1. The second kappa shape index (κ2) is 5.52. The van der Waals surface area contributed by atoms with Gasteiger partial charge in [-0.3, -0.25) is 0 Å². The van der Waals surface area contributed by atoms with Gasteiger partial charge in [0, 0.05) is 12.1 Å². The van der Waals surface area contributed by atoms with Gasteiger partial charge in [0.25, 0.3) is 0 Å². The van der Waals surface area contributed by atoms with Gasteiger partial charge in [-0.2, -0.15) is 0 Å². The molecule has 0 aliphatic carbocycles. The summed E-state index contributed by atoms with van der Waals surface area (Å²) in [5, 5.41) is 0. The third-order valence-electron chi connectivity index (χ3n) is 1.66. The zero-order valence-electron chi connectivity index (χ0n) is 7.71. The molecule has 68 valence electrons. The number of ether oxygens (including phenoxy) is 1. The Balaban J connectivity index is 3.24. The van der Waals surface area contributed by atoms with Gasteiger partial charge in [0.1, 0.15) is 0 Å². The molecule has 0 aromatic rings.